The Hall–Kier alpha value is -2.98. The van der Waals surface area contributed by atoms with E-state index in [-0.39, 0.29) is 12.5 Å². The summed E-state index contributed by atoms with van der Waals surface area (Å²) in [6.07, 6.45) is 3.85. The molecule has 1 amide bonds. The molecule has 1 saturated heterocycles. The smallest absolute Gasteiger partial charge is 0.246 e. The molecule has 1 N–H and O–H groups in total. The van der Waals surface area contributed by atoms with Crippen LogP contribution < -0.4 is 5.32 Å². The van der Waals surface area contributed by atoms with Crippen molar-refractivity contribution in [1.29, 1.82) is 0 Å². The van der Waals surface area contributed by atoms with Gasteiger partial charge in [0.25, 0.3) is 0 Å². The summed E-state index contributed by atoms with van der Waals surface area (Å²) in [6.45, 7) is 4.05. The van der Waals surface area contributed by atoms with E-state index in [9.17, 15) is 4.79 Å². The van der Waals surface area contributed by atoms with Crippen LogP contribution in [0.4, 0.5) is 5.69 Å². The first-order valence-corrected chi connectivity index (χ1v) is 11.5. The zero-order valence-corrected chi connectivity index (χ0v) is 19.4. The van der Waals surface area contributed by atoms with Gasteiger partial charge in [-0.15, -0.1) is 0 Å². The number of hydrogen-bond donors (Lipinski definition) is 1. The summed E-state index contributed by atoms with van der Waals surface area (Å²) in [5.41, 5.74) is 6.29. The summed E-state index contributed by atoms with van der Waals surface area (Å²) in [6, 6.07) is 12.1. The van der Waals surface area contributed by atoms with E-state index in [1.807, 2.05) is 30.3 Å². The lowest BCUT2D eigenvalue weighted by atomic mass is 9.95. The van der Waals surface area contributed by atoms with Gasteiger partial charge in [0.2, 0.25) is 5.91 Å². The Kier molecular flexibility index (Phi) is 7.90. The maximum atomic E-state index is 12.4. The zero-order chi connectivity index (χ0) is 23.0. The number of rotatable bonds is 6. The molecule has 2 aromatic carbocycles. The summed E-state index contributed by atoms with van der Waals surface area (Å²) in [5.74, 6) is 6.51. The molecule has 1 fully saturated rings. The second-order valence-electron chi connectivity index (χ2n) is 8.46. The molecule has 0 aliphatic carbocycles. The maximum Gasteiger partial charge on any atom is 0.246 e. The molecule has 2 heterocycles. The standard InChI is InChI=1S/C27H31N3O3/c1-32-18-22-15-24-25(16-23(22)19-33-2)29-26(31)17-28-27(24)21-10-6-8-20(14-21)9-7-13-30-11-4-3-5-12-30/h6,8,10,14-16H,3-5,11-13,17-19H2,1-2H3,(H,29,31). The first-order chi connectivity index (χ1) is 16.2. The summed E-state index contributed by atoms with van der Waals surface area (Å²) in [4.78, 5) is 19.4. The van der Waals surface area contributed by atoms with Gasteiger partial charge >= 0.3 is 0 Å². The Morgan fingerprint density at radius 3 is 2.55 bits per heavy atom. The van der Waals surface area contributed by atoms with Crippen LogP contribution in [0.1, 0.15) is 47.1 Å². The fraction of sp³-hybridized carbons (Fsp3) is 0.407. The van der Waals surface area contributed by atoms with E-state index in [0.29, 0.717) is 13.2 Å². The highest BCUT2D eigenvalue weighted by atomic mass is 16.5. The molecule has 0 spiro atoms. The summed E-state index contributed by atoms with van der Waals surface area (Å²) < 4.78 is 10.8. The molecule has 0 atom stereocenters. The summed E-state index contributed by atoms with van der Waals surface area (Å²) in [7, 11) is 3.33. The number of piperidine rings is 1. The van der Waals surface area contributed by atoms with Gasteiger partial charge in [0.05, 0.1) is 31.2 Å². The largest absolute Gasteiger partial charge is 0.380 e. The third kappa shape index (κ3) is 5.88. The Labute approximate surface area is 196 Å². The van der Waals surface area contributed by atoms with Crippen molar-refractivity contribution in [2.45, 2.75) is 32.5 Å². The van der Waals surface area contributed by atoms with E-state index in [4.69, 9.17) is 9.47 Å². The third-order valence-corrected chi connectivity index (χ3v) is 5.97. The molecule has 172 valence electrons. The van der Waals surface area contributed by atoms with E-state index in [1.165, 1.54) is 19.3 Å². The van der Waals surface area contributed by atoms with Crippen LogP contribution in [0.5, 0.6) is 0 Å². The van der Waals surface area contributed by atoms with Gasteiger partial charge in [0, 0.05) is 30.9 Å². The van der Waals surface area contributed by atoms with Crippen LogP contribution >= 0.6 is 0 Å². The quantitative estimate of drug-likeness (QED) is 0.690. The molecule has 0 bridgehead atoms. The van der Waals surface area contributed by atoms with Gasteiger partial charge in [0.15, 0.2) is 0 Å². The highest BCUT2D eigenvalue weighted by Crippen LogP contribution is 2.28. The second kappa shape index (κ2) is 11.2. The molecule has 6 heteroatoms. The van der Waals surface area contributed by atoms with Gasteiger partial charge < -0.3 is 14.8 Å². The Bertz CT molecular complexity index is 1090. The molecule has 2 aliphatic rings. The lowest BCUT2D eigenvalue weighted by Crippen LogP contribution is -2.29. The Balaban J connectivity index is 1.66. The number of fused-ring (bicyclic) bond motifs is 1. The van der Waals surface area contributed by atoms with Gasteiger partial charge in [-0.2, -0.15) is 0 Å². The van der Waals surface area contributed by atoms with E-state index >= 15 is 0 Å². The van der Waals surface area contributed by atoms with Crippen molar-refractivity contribution in [3.8, 4) is 11.8 Å². The van der Waals surface area contributed by atoms with Crippen molar-refractivity contribution in [2.75, 3.05) is 45.7 Å². The van der Waals surface area contributed by atoms with Crippen LogP contribution in [0.15, 0.2) is 41.4 Å². The summed E-state index contributed by atoms with van der Waals surface area (Å²) in [5, 5.41) is 2.99. The van der Waals surface area contributed by atoms with Crippen molar-refractivity contribution in [3.05, 3.63) is 64.2 Å². The molecule has 33 heavy (non-hydrogen) atoms. The predicted molar refractivity (Wildman–Crippen MR) is 131 cm³/mol. The number of anilines is 1. The number of carbonyl (C=O) groups excluding carboxylic acids is 1. The lowest BCUT2D eigenvalue weighted by Gasteiger charge is -2.23. The zero-order valence-electron chi connectivity index (χ0n) is 19.4. The van der Waals surface area contributed by atoms with E-state index < -0.39 is 0 Å². The number of benzene rings is 2. The predicted octanol–water partition coefficient (Wildman–Crippen LogP) is 3.61. The Morgan fingerprint density at radius 1 is 1.03 bits per heavy atom. The van der Waals surface area contributed by atoms with E-state index in [2.05, 4.69) is 33.1 Å². The minimum Gasteiger partial charge on any atom is -0.380 e. The third-order valence-electron chi connectivity index (χ3n) is 5.97. The highest BCUT2D eigenvalue weighted by Gasteiger charge is 2.21. The minimum atomic E-state index is -0.133. The molecule has 6 nitrogen and oxygen atoms in total. The van der Waals surface area contributed by atoms with Crippen LogP contribution in [0.25, 0.3) is 0 Å². The number of aliphatic imine (C=N–C) groups is 1. The highest BCUT2D eigenvalue weighted by molar-refractivity contribution is 6.19. The fourth-order valence-electron chi connectivity index (χ4n) is 4.36. The number of likely N-dealkylation sites (tertiary alicyclic amines) is 1. The number of amides is 1. The summed E-state index contributed by atoms with van der Waals surface area (Å²) >= 11 is 0. The molecule has 4 rings (SSSR count). The van der Waals surface area contributed by atoms with Crippen molar-refractivity contribution < 1.29 is 14.3 Å². The first kappa shape index (κ1) is 23.2. The van der Waals surface area contributed by atoms with Crippen LogP contribution in [0, 0.1) is 11.8 Å². The van der Waals surface area contributed by atoms with Gasteiger partial charge in [-0.25, -0.2) is 0 Å². The molecule has 2 aromatic rings. The van der Waals surface area contributed by atoms with Gasteiger partial charge in [0.1, 0.15) is 6.54 Å². The van der Waals surface area contributed by atoms with Gasteiger partial charge in [-0.1, -0.05) is 30.4 Å². The van der Waals surface area contributed by atoms with E-state index in [1.54, 1.807) is 14.2 Å². The first-order valence-electron chi connectivity index (χ1n) is 11.5. The second-order valence-corrected chi connectivity index (χ2v) is 8.46. The number of hydrogen-bond acceptors (Lipinski definition) is 5. The number of carbonyl (C=O) groups is 1. The van der Waals surface area contributed by atoms with Crippen molar-refractivity contribution in [2.24, 2.45) is 4.99 Å². The van der Waals surface area contributed by atoms with Crippen LogP contribution in [-0.4, -0.2) is 56.9 Å². The molecule has 0 unspecified atom stereocenters. The van der Waals surface area contributed by atoms with Crippen LogP contribution in [0.2, 0.25) is 0 Å². The average Bonchev–Trinajstić information content (AvgIpc) is 2.98. The number of nitrogens with one attached hydrogen (secondary N) is 1. The van der Waals surface area contributed by atoms with Gasteiger partial charge in [-0.05, 0) is 61.3 Å². The number of benzodiazepines with no additional fused rings is 1. The SMILES string of the molecule is COCc1cc2c(cc1COC)C(c1cccc(C#CCN3CCCCC3)c1)=NCC(=O)N2. The monoisotopic (exact) mass is 445 g/mol. The van der Waals surface area contributed by atoms with Crippen molar-refractivity contribution in [1.82, 2.24) is 4.90 Å². The topological polar surface area (TPSA) is 63.2 Å². The minimum absolute atomic E-state index is 0.0775. The molecule has 0 radical (unpaired) electrons. The lowest BCUT2D eigenvalue weighted by molar-refractivity contribution is -0.114. The van der Waals surface area contributed by atoms with Gasteiger partial charge in [-0.3, -0.25) is 14.7 Å². The van der Waals surface area contributed by atoms with Crippen molar-refractivity contribution in [3.63, 3.8) is 0 Å². The average molecular weight is 446 g/mol. The number of nitrogens with zero attached hydrogens (tertiary/aromatic N) is 2. The number of ether oxygens (including phenoxy) is 2. The van der Waals surface area contributed by atoms with E-state index in [0.717, 1.165) is 58.9 Å². The number of methoxy groups -OCH3 is 2. The molecule has 0 aromatic heterocycles. The molecular formula is C27H31N3O3. The maximum absolute atomic E-state index is 12.4. The Morgan fingerprint density at radius 2 is 1.79 bits per heavy atom. The molecular weight excluding hydrogens is 414 g/mol. The van der Waals surface area contributed by atoms with Crippen LogP contribution in [0.3, 0.4) is 0 Å². The van der Waals surface area contributed by atoms with Crippen molar-refractivity contribution >= 4 is 17.3 Å². The molecule has 0 saturated carbocycles. The molecule has 2 aliphatic heterocycles. The van der Waals surface area contributed by atoms with Crippen LogP contribution in [-0.2, 0) is 27.5 Å². The fourth-order valence-corrected chi connectivity index (χ4v) is 4.36. The normalized spacial score (nSPS) is 16.2.